The van der Waals surface area contributed by atoms with Crippen molar-refractivity contribution in [2.24, 2.45) is 0 Å². The van der Waals surface area contributed by atoms with E-state index in [1.807, 2.05) is 6.07 Å². The van der Waals surface area contributed by atoms with Gasteiger partial charge in [0.25, 0.3) is 0 Å². The van der Waals surface area contributed by atoms with E-state index >= 15 is 0 Å². The third-order valence-electron chi connectivity index (χ3n) is 3.79. The van der Waals surface area contributed by atoms with Crippen LogP contribution in [0.2, 0.25) is 0 Å². The maximum atomic E-state index is 11.8. The van der Waals surface area contributed by atoms with Gasteiger partial charge >= 0.3 is 6.09 Å². The standard InChI is InChI=1S/C15H17N3O3/c1-17(2)14(19)9-18(15(20)21)13-7-6-11-10(8-16)4-3-5-12(11)13/h3-5,13H,6-7,9H2,1-2H3,(H,20,21)/t13-/m0/s1. The van der Waals surface area contributed by atoms with Crippen LogP contribution in [0.25, 0.3) is 0 Å². The normalized spacial score (nSPS) is 16.0. The van der Waals surface area contributed by atoms with Crippen molar-refractivity contribution in [1.29, 1.82) is 5.26 Å². The van der Waals surface area contributed by atoms with Gasteiger partial charge in [0.2, 0.25) is 5.91 Å². The minimum atomic E-state index is -1.12. The van der Waals surface area contributed by atoms with Gasteiger partial charge in [0.1, 0.15) is 6.54 Å². The van der Waals surface area contributed by atoms with Gasteiger partial charge in [-0.05, 0) is 30.0 Å². The van der Waals surface area contributed by atoms with Crippen LogP contribution in [0.3, 0.4) is 0 Å². The molecule has 21 heavy (non-hydrogen) atoms. The van der Waals surface area contributed by atoms with Crippen LogP contribution in [-0.2, 0) is 11.2 Å². The minimum absolute atomic E-state index is 0.177. The van der Waals surface area contributed by atoms with Crippen LogP contribution >= 0.6 is 0 Å². The van der Waals surface area contributed by atoms with Gasteiger partial charge < -0.3 is 10.0 Å². The second kappa shape index (κ2) is 5.83. The fourth-order valence-corrected chi connectivity index (χ4v) is 2.66. The van der Waals surface area contributed by atoms with E-state index in [4.69, 9.17) is 5.26 Å². The van der Waals surface area contributed by atoms with Crippen LogP contribution in [0, 0.1) is 11.3 Å². The second-order valence-corrected chi connectivity index (χ2v) is 5.24. The smallest absolute Gasteiger partial charge is 0.408 e. The molecule has 1 N–H and O–H groups in total. The number of hydrogen-bond donors (Lipinski definition) is 1. The van der Waals surface area contributed by atoms with E-state index in [2.05, 4.69) is 6.07 Å². The van der Waals surface area contributed by atoms with Crippen molar-refractivity contribution in [1.82, 2.24) is 9.80 Å². The Kier molecular flexibility index (Phi) is 4.13. The number of fused-ring (bicyclic) bond motifs is 1. The average Bonchev–Trinajstić information content (AvgIpc) is 2.87. The minimum Gasteiger partial charge on any atom is -0.465 e. The lowest BCUT2D eigenvalue weighted by Gasteiger charge is -2.27. The third kappa shape index (κ3) is 2.82. The van der Waals surface area contributed by atoms with Crippen molar-refractivity contribution >= 4 is 12.0 Å². The number of nitriles is 1. The molecule has 110 valence electrons. The summed E-state index contributed by atoms with van der Waals surface area (Å²) in [4.78, 5) is 25.9. The Balaban J connectivity index is 2.32. The third-order valence-corrected chi connectivity index (χ3v) is 3.79. The summed E-state index contributed by atoms with van der Waals surface area (Å²) in [6.07, 6.45) is 0.135. The van der Waals surface area contributed by atoms with E-state index in [9.17, 15) is 14.7 Å². The van der Waals surface area contributed by atoms with Crippen LogP contribution in [0.5, 0.6) is 0 Å². The molecule has 1 aliphatic carbocycles. The van der Waals surface area contributed by atoms with Gasteiger partial charge in [0, 0.05) is 14.1 Å². The molecule has 1 atom stereocenters. The Bertz CT molecular complexity index is 619. The summed E-state index contributed by atoms with van der Waals surface area (Å²) in [6, 6.07) is 7.09. The number of amides is 2. The molecule has 0 saturated carbocycles. The van der Waals surface area contributed by atoms with Crippen molar-refractivity contribution in [3.63, 3.8) is 0 Å². The Morgan fingerprint density at radius 3 is 2.71 bits per heavy atom. The molecule has 0 bridgehead atoms. The van der Waals surface area contributed by atoms with Crippen LogP contribution in [0.1, 0.15) is 29.2 Å². The molecule has 0 aliphatic heterocycles. The molecule has 0 unspecified atom stereocenters. The number of carbonyl (C=O) groups is 2. The maximum Gasteiger partial charge on any atom is 0.408 e. The summed E-state index contributed by atoms with van der Waals surface area (Å²) in [7, 11) is 3.19. The van der Waals surface area contributed by atoms with E-state index in [0.717, 1.165) is 16.0 Å². The van der Waals surface area contributed by atoms with Crippen LogP contribution in [-0.4, -0.2) is 47.5 Å². The first-order chi connectivity index (χ1) is 9.95. The Morgan fingerprint density at radius 1 is 1.43 bits per heavy atom. The lowest BCUT2D eigenvalue weighted by atomic mass is 10.0. The highest BCUT2D eigenvalue weighted by molar-refractivity contribution is 5.81. The summed E-state index contributed by atoms with van der Waals surface area (Å²) in [5.74, 6) is -0.262. The van der Waals surface area contributed by atoms with Crippen molar-refractivity contribution in [3.8, 4) is 6.07 Å². The summed E-state index contributed by atoms with van der Waals surface area (Å²) in [6.45, 7) is -0.177. The van der Waals surface area contributed by atoms with Gasteiger partial charge in [-0.3, -0.25) is 9.69 Å². The highest BCUT2D eigenvalue weighted by atomic mass is 16.4. The molecule has 0 saturated heterocycles. The average molecular weight is 287 g/mol. The van der Waals surface area contributed by atoms with E-state index in [1.165, 1.54) is 4.90 Å². The zero-order valence-electron chi connectivity index (χ0n) is 12.0. The number of likely N-dealkylation sites (N-methyl/N-ethyl adjacent to an activating group) is 1. The van der Waals surface area contributed by atoms with Crippen LogP contribution in [0.15, 0.2) is 18.2 Å². The zero-order chi connectivity index (χ0) is 15.6. The molecule has 2 rings (SSSR count). The Morgan fingerprint density at radius 2 is 2.14 bits per heavy atom. The van der Waals surface area contributed by atoms with Crippen molar-refractivity contribution in [2.45, 2.75) is 18.9 Å². The molecule has 6 heteroatoms. The lowest BCUT2D eigenvalue weighted by Crippen LogP contribution is -2.41. The number of nitrogens with zero attached hydrogens (tertiary/aromatic N) is 3. The van der Waals surface area contributed by atoms with Gasteiger partial charge in [-0.25, -0.2) is 4.79 Å². The first kappa shape index (κ1) is 14.9. The molecule has 1 aliphatic rings. The van der Waals surface area contributed by atoms with Gasteiger partial charge in [-0.2, -0.15) is 5.26 Å². The van der Waals surface area contributed by atoms with Crippen LogP contribution in [0.4, 0.5) is 4.79 Å². The summed E-state index contributed by atoms with van der Waals surface area (Å²) >= 11 is 0. The lowest BCUT2D eigenvalue weighted by molar-refractivity contribution is -0.130. The molecule has 0 radical (unpaired) electrons. The fourth-order valence-electron chi connectivity index (χ4n) is 2.66. The van der Waals surface area contributed by atoms with E-state index in [0.29, 0.717) is 18.4 Å². The first-order valence-electron chi connectivity index (χ1n) is 6.67. The highest BCUT2D eigenvalue weighted by Crippen LogP contribution is 2.37. The van der Waals surface area contributed by atoms with Crippen molar-refractivity contribution in [2.75, 3.05) is 20.6 Å². The molecular weight excluding hydrogens is 270 g/mol. The van der Waals surface area contributed by atoms with E-state index in [-0.39, 0.29) is 18.5 Å². The molecule has 0 fully saturated rings. The van der Waals surface area contributed by atoms with E-state index in [1.54, 1.807) is 26.2 Å². The molecular formula is C15H17N3O3. The predicted molar refractivity (Wildman–Crippen MR) is 75.6 cm³/mol. The largest absolute Gasteiger partial charge is 0.465 e. The molecule has 1 aromatic rings. The SMILES string of the molecule is CN(C)C(=O)CN(C(=O)O)[C@H]1CCc2c(C#N)cccc21. The summed E-state index contributed by atoms with van der Waals surface area (Å²) in [5, 5.41) is 18.5. The Hall–Kier alpha value is -2.55. The summed E-state index contributed by atoms with van der Waals surface area (Å²) in [5.41, 5.74) is 2.32. The first-order valence-corrected chi connectivity index (χ1v) is 6.67. The number of hydrogen-bond acceptors (Lipinski definition) is 3. The number of carboxylic acid groups (broad SMARTS) is 1. The fraction of sp³-hybridized carbons (Fsp3) is 0.400. The van der Waals surface area contributed by atoms with E-state index < -0.39 is 6.09 Å². The van der Waals surface area contributed by atoms with Gasteiger partial charge in [-0.15, -0.1) is 0 Å². The predicted octanol–water partition coefficient (Wildman–Crippen LogP) is 1.61. The molecule has 0 spiro atoms. The van der Waals surface area contributed by atoms with Gasteiger partial charge in [0.05, 0.1) is 17.7 Å². The zero-order valence-corrected chi connectivity index (χ0v) is 12.0. The number of rotatable bonds is 3. The van der Waals surface area contributed by atoms with Crippen molar-refractivity contribution < 1.29 is 14.7 Å². The monoisotopic (exact) mass is 287 g/mol. The number of carbonyl (C=O) groups excluding carboxylic acids is 1. The molecule has 6 nitrogen and oxygen atoms in total. The number of benzene rings is 1. The maximum absolute atomic E-state index is 11.8. The summed E-state index contributed by atoms with van der Waals surface area (Å²) < 4.78 is 0. The van der Waals surface area contributed by atoms with Crippen LogP contribution < -0.4 is 0 Å². The van der Waals surface area contributed by atoms with Gasteiger partial charge in [0.15, 0.2) is 0 Å². The molecule has 0 aromatic heterocycles. The quantitative estimate of drug-likeness (QED) is 0.915. The molecule has 2 amide bonds. The van der Waals surface area contributed by atoms with Crippen molar-refractivity contribution in [3.05, 3.63) is 34.9 Å². The Labute approximate surface area is 123 Å². The topological polar surface area (TPSA) is 84.6 Å². The van der Waals surface area contributed by atoms with Gasteiger partial charge in [-0.1, -0.05) is 12.1 Å². The molecule has 0 heterocycles. The second-order valence-electron chi connectivity index (χ2n) is 5.24. The molecule has 1 aromatic carbocycles. The highest BCUT2D eigenvalue weighted by Gasteiger charge is 2.33.